The Labute approximate surface area is 176 Å². The van der Waals surface area contributed by atoms with Gasteiger partial charge >= 0.3 is 0 Å². The summed E-state index contributed by atoms with van der Waals surface area (Å²) in [4.78, 5) is 16.8. The van der Waals surface area contributed by atoms with E-state index in [1.165, 1.54) is 18.3 Å². The summed E-state index contributed by atoms with van der Waals surface area (Å²) >= 11 is 0. The maximum atomic E-state index is 13.8. The molecule has 0 unspecified atom stereocenters. The Morgan fingerprint density at radius 1 is 1.17 bits per heavy atom. The lowest BCUT2D eigenvalue weighted by atomic mass is 9.86. The first-order valence-electron chi connectivity index (χ1n) is 9.02. The van der Waals surface area contributed by atoms with Crippen LogP contribution < -0.4 is 5.32 Å². The van der Waals surface area contributed by atoms with Crippen molar-refractivity contribution in [2.75, 3.05) is 0 Å². The molecule has 1 N–H and O–H groups in total. The third-order valence-electron chi connectivity index (χ3n) is 4.55. The summed E-state index contributed by atoms with van der Waals surface area (Å²) in [6.07, 6.45) is 2.51. The Morgan fingerprint density at radius 3 is 2.52 bits per heavy atom. The van der Waals surface area contributed by atoms with Crippen LogP contribution in [0.5, 0.6) is 0 Å². The van der Waals surface area contributed by atoms with Crippen LogP contribution in [0.4, 0.5) is 8.78 Å². The fourth-order valence-electron chi connectivity index (χ4n) is 3.48. The van der Waals surface area contributed by atoms with Crippen molar-refractivity contribution in [1.29, 1.82) is 0 Å². The highest BCUT2D eigenvalue weighted by atomic mass is 32.1. The molecule has 0 saturated carbocycles. The molecule has 0 aliphatic carbocycles. The molecule has 152 valence electrons. The molecule has 0 saturated heterocycles. The highest BCUT2D eigenvalue weighted by molar-refractivity contribution is 7.59. The molecule has 0 aliphatic heterocycles. The van der Waals surface area contributed by atoms with E-state index in [0.29, 0.717) is 23.8 Å². The second-order valence-corrected chi connectivity index (χ2v) is 7.47. The van der Waals surface area contributed by atoms with Crippen LogP contribution in [0.2, 0.25) is 0 Å². The highest BCUT2D eigenvalue weighted by Crippen LogP contribution is 2.23. The zero-order valence-electron chi connectivity index (χ0n) is 16.4. The van der Waals surface area contributed by atoms with Crippen LogP contribution >= 0.6 is 13.5 Å². The predicted molar refractivity (Wildman–Crippen MR) is 117 cm³/mol. The number of rotatable bonds is 6. The number of fused-ring (bicyclic) bond motifs is 1. The van der Waals surface area contributed by atoms with Gasteiger partial charge in [-0.2, -0.15) is 13.5 Å². The van der Waals surface area contributed by atoms with Crippen LogP contribution in [0.15, 0.2) is 66.9 Å². The van der Waals surface area contributed by atoms with Crippen molar-refractivity contribution in [3.05, 3.63) is 89.6 Å². The summed E-state index contributed by atoms with van der Waals surface area (Å²) in [7, 11) is 0. The Hall–Kier alpha value is -2.73. The van der Waals surface area contributed by atoms with Gasteiger partial charge in [0.15, 0.2) is 11.6 Å². The molecule has 0 bridgehead atoms. The average molecular weight is 415 g/mol. The molecule has 6 heteroatoms. The van der Waals surface area contributed by atoms with Crippen molar-refractivity contribution in [1.82, 2.24) is 10.3 Å². The van der Waals surface area contributed by atoms with Crippen LogP contribution in [0.25, 0.3) is 10.9 Å². The number of hydrogen-bond acceptors (Lipinski definition) is 2. The number of halogens is 2. The number of hydrogen-bond donors (Lipinski definition) is 1. The van der Waals surface area contributed by atoms with Gasteiger partial charge in [-0.1, -0.05) is 35.9 Å². The summed E-state index contributed by atoms with van der Waals surface area (Å²) < 4.78 is 27.2. The van der Waals surface area contributed by atoms with E-state index in [0.717, 1.165) is 17.2 Å². The minimum Gasteiger partial charge on any atom is -0.346 e. The van der Waals surface area contributed by atoms with Gasteiger partial charge in [0.05, 0.1) is 5.56 Å². The smallest absolute Gasteiger partial charge is 0.253 e. The number of carbonyl (C=O) groups is 1. The first kappa shape index (κ1) is 22.6. The van der Waals surface area contributed by atoms with Gasteiger partial charge in [-0.05, 0) is 50.5 Å². The molecule has 0 fully saturated rings. The van der Waals surface area contributed by atoms with Crippen molar-refractivity contribution in [3.63, 3.8) is 0 Å². The first-order valence-corrected chi connectivity index (χ1v) is 9.02. The monoisotopic (exact) mass is 414 g/mol. The maximum absolute atomic E-state index is 13.8. The van der Waals surface area contributed by atoms with E-state index in [-0.39, 0.29) is 24.9 Å². The molecule has 2 aromatic carbocycles. The van der Waals surface area contributed by atoms with Gasteiger partial charge in [0.2, 0.25) is 0 Å². The molecular weight excluding hydrogens is 390 g/mol. The normalized spacial score (nSPS) is 12.7. The first-order chi connectivity index (χ1) is 13.3. The fraction of sp³-hybridized carbons (Fsp3) is 0.217. The Morgan fingerprint density at radius 2 is 1.86 bits per heavy atom. The van der Waals surface area contributed by atoms with E-state index < -0.39 is 17.2 Å². The van der Waals surface area contributed by atoms with Gasteiger partial charge in [-0.3, -0.25) is 9.78 Å². The molecule has 0 aliphatic rings. The zero-order chi connectivity index (χ0) is 20.3. The van der Waals surface area contributed by atoms with Crippen molar-refractivity contribution >= 4 is 30.3 Å². The predicted octanol–water partition coefficient (Wildman–Crippen LogP) is 5.32. The molecule has 0 radical (unpaired) electrons. The number of carbonyl (C=O) groups excluding carboxylic acids is 1. The van der Waals surface area contributed by atoms with Crippen LogP contribution in [0, 0.1) is 11.6 Å². The summed E-state index contributed by atoms with van der Waals surface area (Å²) in [5, 5.41) is 3.44. The van der Waals surface area contributed by atoms with Gasteiger partial charge < -0.3 is 5.32 Å². The molecule has 3 nitrogen and oxygen atoms in total. The number of aromatic nitrogens is 1. The minimum atomic E-state index is -1.01. The number of nitrogens with zero attached hydrogens (tertiary/aromatic N) is 1. The van der Waals surface area contributed by atoms with E-state index in [1.807, 2.05) is 44.2 Å². The lowest BCUT2D eigenvalue weighted by Crippen LogP contribution is -2.48. The van der Waals surface area contributed by atoms with Crippen LogP contribution in [0.3, 0.4) is 0 Å². The zero-order valence-corrected chi connectivity index (χ0v) is 17.4. The second-order valence-electron chi connectivity index (χ2n) is 7.47. The van der Waals surface area contributed by atoms with Gasteiger partial charge in [0.25, 0.3) is 5.91 Å². The van der Waals surface area contributed by atoms with E-state index in [1.54, 1.807) is 0 Å². The van der Waals surface area contributed by atoms with Crippen molar-refractivity contribution in [2.45, 2.75) is 32.2 Å². The van der Waals surface area contributed by atoms with E-state index in [4.69, 9.17) is 0 Å². The molecule has 1 aromatic heterocycles. The Kier molecular flexibility index (Phi) is 7.14. The molecular formula is C23H24F2N2OS. The van der Waals surface area contributed by atoms with Gasteiger partial charge in [0.1, 0.15) is 5.52 Å². The third-order valence-corrected chi connectivity index (χ3v) is 4.55. The SMILES string of the molecule is C=C(C)C[C@@](C)(Cc1ccccc1)NC(=O)c1cnc2c(F)c(F)ccc2c1.S. The molecule has 3 aromatic rings. The van der Waals surface area contributed by atoms with Crippen molar-refractivity contribution < 1.29 is 13.6 Å². The molecule has 29 heavy (non-hydrogen) atoms. The Bertz CT molecular complexity index is 1040. The Balaban J connectivity index is 0.00000300. The quantitative estimate of drug-likeness (QED) is 0.555. The van der Waals surface area contributed by atoms with Crippen LogP contribution in [0.1, 0.15) is 36.2 Å². The van der Waals surface area contributed by atoms with Gasteiger partial charge in [0, 0.05) is 17.1 Å². The van der Waals surface area contributed by atoms with E-state index in [9.17, 15) is 13.6 Å². The molecule has 1 heterocycles. The minimum absolute atomic E-state index is 0. The summed E-state index contributed by atoms with van der Waals surface area (Å²) in [5.41, 5.74) is 1.70. The fourth-order valence-corrected chi connectivity index (χ4v) is 3.48. The summed E-state index contributed by atoms with van der Waals surface area (Å²) in [6.45, 7) is 7.87. The van der Waals surface area contributed by atoms with E-state index >= 15 is 0 Å². The lowest BCUT2D eigenvalue weighted by molar-refractivity contribution is 0.0905. The van der Waals surface area contributed by atoms with Gasteiger partial charge in [-0.25, -0.2) is 8.78 Å². The summed E-state index contributed by atoms with van der Waals surface area (Å²) in [6, 6.07) is 13.8. The summed E-state index contributed by atoms with van der Waals surface area (Å²) in [5.74, 6) is -2.30. The molecule has 1 amide bonds. The molecule has 0 spiro atoms. The van der Waals surface area contributed by atoms with Crippen molar-refractivity contribution in [2.24, 2.45) is 0 Å². The molecule has 3 rings (SSSR count). The van der Waals surface area contributed by atoms with Gasteiger partial charge in [-0.15, -0.1) is 6.58 Å². The van der Waals surface area contributed by atoms with E-state index in [2.05, 4.69) is 16.9 Å². The number of amides is 1. The maximum Gasteiger partial charge on any atom is 0.253 e. The number of pyridine rings is 1. The van der Waals surface area contributed by atoms with Crippen LogP contribution in [-0.4, -0.2) is 16.4 Å². The highest BCUT2D eigenvalue weighted by Gasteiger charge is 2.27. The second kappa shape index (κ2) is 9.18. The lowest BCUT2D eigenvalue weighted by Gasteiger charge is -2.31. The molecule has 1 atom stereocenters. The largest absolute Gasteiger partial charge is 0.346 e. The average Bonchev–Trinajstić information content (AvgIpc) is 2.64. The number of benzene rings is 2. The standard InChI is InChI=1S/C23H22F2N2O.H2S/c1-15(2)12-23(3,13-16-7-5-4-6-8-16)27-22(28)18-11-17-9-10-19(24)20(25)21(17)26-14-18;/h4-11,14H,1,12-13H2,2-3H3,(H,27,28);1H2/t23-;/m0./s1. The van der Waals surface area contributed by atoms with Crippen LogP contribution in [-0.2, 0) is 6.42 Å². The topological polar surface area (TPSA) is 42.0 Å². The van der Waals surface area contributed by atoms with Crippen molar-refractivity contribution in [3.8, 4) is 0 Å². The third kappa shape index (κ3) is 5.41. The number of nitrogens with one attached hydrogen (secondary N) is 1.